The van der Waals surface area contributed by atoms with E-state index in [4.69, 9.17) is 4.43 Å². The first-order valence-electron chi connectivity index (χ1n) is 9.42. The highest BCUT2D eigenvalue weighted by molar-refractivity contribution is 8.03. The van der Waals surface area contributed by atoms with Crippen molar-refractivity contribution < 1.29 is 17.1 Å². The second kappa shape index (κ2) is 8.33. The van der Waals surface area contributed by atoms with Gasteiger partial charge in [-0.25, -0.2) is 4.21 Å². The van der Waals surface area contributed by atoms with E-state index in [1.807, 2.05) is 19.1 Å². The van der Waals surface area contributed by atoms with Crippen LogP contribution in [-0.2, 0) is 30.8 Å². The number of benzene rings is 2. The van der Waals surface area contributed by atoms with Crippen LogP contribution in [-0.4, -0.2) is 27.2 Å². The molecule has 0 bridgehead atoms. The molecule has 0 fully saturated rings. The molecule has 2 rings (SSSR count). The first-order valence-corrected chi connectivity index (χ1v) is 15.7. The molecule has 2 aromatic rings. The van der Waals surface area contributed by atoms with Gasteiger partial charge in [0.05, 0.1) is 21.2 Å². The highest BCUT2D eigenvalue weighted by Crippen LogP contribution is 2.37. The van der Waals surface area contributed by atoms with E-state index in [1.54, 1.807) is 24.3 Å². The van der Waals surface area contributed by atoms with Gasteiger partial charge in [0.15, 0.2) is 8.32 Å². The van der Waals surface area contributed by atoms with Crippen LogP contribution in [0.5, 0.6) is 0 Å². The Morgan fingerprint density at radius 3 is 1.86 bits per heavy atom. The topological polar surface area (TPSA) is 72.8 Å². The van der Waals surface area contributed by atoms with E-state index in [0.717, 1.165) is 11.1 Å². The highest BCUT2D eigenvalue weighted by atomic mass is 32.3. The van der Waals surface area contributed by atoms with Crippen LogP contribution in [0.25, 0.3) is 0 Å². The summed E-state index contributed by atoms with van der Waals surface area (Å²) in [5.41, 5.74) is 1.90. The second-order valence-electron chi connectivity index (χ2n) is 8.86. The maximum atomic E-state index is 13.0. The normalized spacial score (nSPS) is 15.0. The van der Waals surface area contributed by atoms with E-state index < -0.39 is 28.1 Å². The van der Waals surface area contributed by atoms with Gasteiger partial charge in [0.2, 0.25) is 0 Å². The average Bonchev–Trinajstić information content (AvgIpc) is 2.59. The molecule has 8 heteroatoms. The highest BCUT2D eigenvalue weighted by Gasteiger charge is 2.37. The van der Waals surface area contributed by atoms with Crippen LogP contribution in [0.2, 0.25) is 18.1 Å². The molecule has 0 amide bonds. The van der Waals surface area contributed by atoms with E-state index in [1.165, 1.54) is 18.4 Å². The zero-order valence-corrected chi connectivity index (χ0v) is 20.9. The molecule has 0 spiro atoms. The van der Waals surface area contributed by atoms with Gasteiger partial charge in [-0.15, -0.1) is 3.77 Å². The predicted molar refractivity (Wildman–Crippen MR) is 122 cm³/mol. The lowest BCUT2D eigenvalue weighted by Crippen LogP contribution is -2.40. The molecule has 0 saturated carbocycles. The Hall–Kier alpha value is -1.48. The number of sulfonamides is 1. The number of hydrogen-bond acceptors (Lipinski definition) is 4. The molecule has 0 aromatic heterocycles. The molecule has 0 aliphatic heterocycles. The summed E-state index contributed by atoms with van der Waals surface area (Å²) in [6.07, 6.45) is 1.35. The molecule has 160 valence electrons. The van der Waals surface area contributed by atoms with Crippen LogP contribution in [0.1, 0.15) is 31.9 Å². The third kappa shape index (κ3) is 6.01. The second-order valence-corrected chi connectivity index (χ2v) is 17.8. The summed E-state index contributed by atoms with van der Waals surface area (Å²) < 4.78 is 48.1. The van der Waals surface area contributed by atoms with E-state index in [9.17, 15) is 12.6 Å². The van der Waals surface area contributed by atoms with E-state index in [-0.39, 0.29) is 9.93 Å². The minimum Gasteiger partial charge on any atom is -0.413 e. The zero-order valence-electron chi connectivity index (χ0n) is 18.2. The number of rotatable bonds is 6. The number of hydrogen-bond donors (Lipinski definition) is 0. The van der Waals surface area contributed by atoms with Gasteiger partial charge < -0.3 is 4.43 Å². The summed E-state index contributed by atoms with van der Waals surface area (Å²) >= 11 is 0. The fraction of sp³-hybridized carbons (Fsp3) is 0.429. The first kappa shape index (κ1) is 23.8. The third-order valence-electron chi connectivity index (χ3n) is 5.33. The molecule has 29 heavy (non-hydrogen) atoms. The van der Waals surface area contributed by atoms with E-state index in [2.05, 4.69) is 37.6 Å². The van der Waals surface area contributed by atoms with Crippen molar-refractivity contribution in [3.05, 3.63) is 59.7 Å². The lowest BCUT2D eigenvalue weighted by molar-refractivity contribution is 0.276. The van der Waals surface area contributed by atoms with E-state index >= 15 is 0 Å². The van der Waals surface area contributed by atoms with Crippen LogP contribution in [0.3, 0.4) is 0 Å². The van der Waals surface area contributed by atoms with Crippen molar-refractivity contribution in [3.63, 3.8) is 0 Å². The van der Waals surface area contributed by atoms with Crippen LogP contribution in [0.15, 0.2) is 62.1 Å². The Morgan fingerprint density at radius 1 is 0.897 bits per heavy atom. The Labute approximate surface area is 176 Å². The molecule has 0 N–H and O–H groups in total. The van der Waals surface area contributed by atoms with Crippen molar-refractivity contribution >= 4 is 28.1 Å². The average molecular weight is 454 g/mol. The van der Waals surface area contributed by atoms with Crippen molar-refractivity contribution in [1.29, 1.82) is 0 Å². The van der Waals surface area contributed by atoms with Crippen LogP contribution < -0.4 is 0 Å². The number of aryl methyl sites for hydroxylation is 1. The van der Waals surface area contributed by atoms with Crippen LogP contribution in [0, 0.1) is 6.92 Å². The lowest BCUT2D eigenvalue weighted by Gasteiger charge is -2.36. The van der Waals surface area contributed by atoms with Gasteiger partial charge in [0, 0.05) is 11.2 Å². The third-order valence-corrected chi connectivity index (χ3v) is 13.7. The van der Waals surface area contributed by atoms with E-state index in [0.29, 0.717) is 11.5 Å². The van der Waals surface area contributed by atoms with Crippen molar-refractivity contribution in [2.45, 2.75) is 62.2 Å². The fourth-order valence-corrected chi connectivity index (χ4v) is 6.57. The van der Waals surface area contributed by atoms with Crippen LogP contribution in [0.4, 0.5) is 0 Å². The van der Waals surface area contributed by atoms with Gasteiger partial charge in [-0.05, 0) is 54.9 Å². The van der Waals surface area contributed by atoms with Gasteiger partial charge in [0.1, 0.15) is 0 Å². The molecule has 0 heterocycles. The van der Waals surface area contributed by atoms with Gasteiger partial charge in [0.25, 0.3) is 10.0 Å². The molecule has 0 aliphatic carbocycles. The van der Waals surface area contributed by atoms with Gasteiger partial charge in [-0.2, -0.15) is 8.42 Å². The summed E-state index contributed by atoms with van der Waals surface area (Å²) in [5, 5.41) is 0.119. The standard InChI is InChI=1S/C21H31NO4S2Si/c1-17-8-12-20(13-9-17)28(24,25)22-27(5,23)19-14-10-18(11-15-19)16-26-29(6,7)21(2,3)4/h8-15H,16H2,1-7H3. The first-order chi connectivity index (χ1) is 13.1. The molecule has 1 unspecified atom stereocenters. The molecular formula is C21H31NO4S2Si. The van der Waals surface area contributed by atoms with Crippen molar-refractivity contribution in [3.8, 4) is 0 Å². The molecule has 0 aliphatic rings. The van der Waals surface area contributed by atoms with Gasteiger partial charge >= 0.3 is 0 Å². The Kier molecular flexibility index (Phi) is 6.84. The molecule has 0 radical (unpaired) electrons. The van der Waals surface area contributed by atoms with Crippen molar-refractivity contribution in [1.82, 2.24) is 0 Å². The summed E-state index contributed by atoms with van der Waals surface area (Å²) in [7, 11) is -8.98. The molecule has 5 nitrogen and oxygen atoms in total. The Balaban J connectivity index is 2.24. The van der Waals surface area contributed by atoms with Crippen LogP contribution >= 0.6 is 0 Å². The van der Waals surface area contributed by atoms with Crippen molar-refractivity contribution in [2.75, 3.05) is 6.26 Å². The molecule has 0 saturated heterocycles. The Bertz CT molecular complexity index is 1070. The minimum atomic E-state index is -4.01. The lowest BCUT2D eigenvalue weighted by atomic mass is 10.2. The largest absolute Gasteiger partial charge is 0.413 e. The summed E-state index contributed by atoms with van der Waals surface area (Å²) in [4.78, 5) is 0.418. The summed E-state index contributed by atoms with van der Waals surface area (Å²) in [6.45, 7) is 13.3. The smallest absolute Gasteiger partial charge is 0.290 e. The minimum absolute atomic E-state index is 0.0389. The fourth-order valence-electron chi connectivity index (χ4n) is 2.30. The predicted octanol–water partition coefficient (Wildman–Crippen LogP) is 5.36. The van der Waals surface area contributed by atoms with Crippen molar-refractivity contribution in [2.24, 2.45) is 3.77 Å². The zero-order chi connectivity index (χ0) is 22.1. The quantitative estimate of drug-likeness (QED) is 0.552. The Morgan fingerprint density at radius 2 is 1.38 bits per heavy atom. The summed E-state index contributed by atoms with van der Waals surface area (Å²) in [5.74, 6) is 0. The number of nitrogens with zero attached hydrogens (tertiary/aromatic N) is 1. The maximum absolute atomic E-state index is 13.0. The van der Waals surface area contributed by atoms with Gasteiger partial charge in [-0.1, -0.05) is 50.6 Å². The maximum Gasteiger partial charge on any atom is 0.290 e. The molecular weight excluding hydrogens is 422 g/mol. The SMILES string of the molecule is Cc1ccc(S(=O)(=O)N=S(C)(=O)c2ccc(CO[Si](C)(C)C(C)(C)C)cc2)cc1. The molecule has 1 atom stereocenters. The molecule has 2 aromatic carbocycles. The van der Waals surface area contributed by atoms with Gasteiger partial charge in [-0.3, -0.25) is 0 Å². The summed E-state index contributed by atoms with van der Waals surface area (Å²) in [6, 6.07) is 13.3. The monoisotopic (exact) mass is 453 g/mol.